The van der Waals surface area contributed by atoms with Gasteiger partial charge in [-0.05, 0) is 56.0 Å². The summed E-state index contributed by atoms with van der Waals surface area (Å²) in [5, 5.41) is 8.33. The predicted molar refractivity (Wildman–Crippen MR) is 104 cm³/mol. The van der Waals surface area contributed by atoms with E-state index in [2.05, 4.69) is 25.8 Å². The fourth-order valence-electron chi connectivity index (χ4n) is 3.13. The van der Waals surface area contributed by atoms with Crippen molar-refractivity contribution >= 4 is 29.0 Å². The molecule has 1 saturated carbocycles. The van der Waals surface area contributed by atoms with Crippen molar-refractivity contribution in [3.63, 3.8) is 0 Å². The number of carbonyl (C=O) groups excluding carboxylic acids is 2. The molecule has 3 N–H and O–H groups in total. The van der Waals surface area contributed by atoms with Crippen LogP contribution >= 0.6 is 0 Å². The average Bonchev–Trinajstić information content (AvgIpc) is 2.64. The SMILES string of the molecule is [C-]#[N+]c1ncc(NC(=O)C2(Nc3ccc(C(=O)NC)c(F)c3)CCC2)cc1C. The van der Waals surface area contributed by atoms with Crippen LogP contribution in [0.3, 0.4) is 0 Å². The lowest BCUT2D eigenvalue weighted by Crippen LogP contribution is -2.54. The van der Waals surface area contributed by atoms with Gasteiger partial charge in [-0.3, -0.25) is 9.59 Å². The highest BCUT2D eigenvalue weighted by Crippen LogP contribution is 2.37. The number of hydrogen-bond acceptors (Lipinski definition) is 4. The Morgan fingerprint density at radius 2 is 2.00 bits per heavy atom. The summed E-state index contributed by atoms with van der Waals surface area (Å²) in [5.41, 5.74) is 0.701. The van der Waals surface area contributed by atoms with E-state index in [4.69, 9.17) is 6.57 Å². The molecule has 0 aliphatic heterocycles. The Morgan fingerprint density at radius 1 is 1.25 bits per heavy atom. The molecule has 0 unspecified atom stereocenters. The van der Waals surface area contributed by atoms with Crippen molar-refractivity contribution < 1.29 is 14.0 Å². The zero-order valence-corrected chi connectivity index (χ0v) is 15.6. The second-order valence-corrected chi connectivity index (χ2v) is 6.76. The second kappa shape index (κ2) is 7.64. The molecule has 1 heterocycles. The molecule has 0 atom stereocenters. The quantitative estimate of drug-likeness (QED) is 0.693. The maximum absolute atomic E-state index is 14.2. The van der Waals surface area contributed by atoms with Gasteiger partial charge in [-0.15, -0.1) is 4.98 Å². The number of rotatable bonds is 5. The largest absolute Gasteiger partial charge is 0.371 e. The number of anilines is 2. The normalized spacial score (nSPS) is 14.4. The van der Waals surface area contributed by atoms with Gasteiger partial charge in [0.15, 0.2) is 0 Å². The summed E-state index contributed by atoms with van der Waals surface area (Å²) in [5.74, 6) is -1.12. The first-order valence-electron chi connectivity index (χ1n) is 8.84. The fourth-order valence-corrected chi connectivity index (χ4v) is 3.13. The number of benzene rings is 1. The summed E-state index contributed by atoms with van der Waals surface area (Å²) >= 11 is 0. The maximum atomic E-state index is 14.2. The van der Waals surface area contributed by atoms with Crippen LogP contribution in [0.4, 0.5) is 21.6 Å². The number of halogens is 1. The van der Waals surface area contributed by atoms with E-state index in [9.17, 15) is 14.0 Å². The zero-order chi connectivity index (χ0) is 20.3. The van der Waals surface area contributed by atoms with Gasteiger partial charge in [0.05, 0.1) is 11.3 Å². The zero-order valence-electron chi connectivity index (χ0n) is 15.6. The number of nitrogens with one attached hydrogen (secondary N) is 3. The van der Waals surface area contributed by atoms with Crippen LogP contribution in [0.1, 0.15) is 35.2 Å². The lowest BCUT2D eigenvalue weighted by atomic mass is 9.75. The number of carbonyl (C=O) groups is 2. The maximum Gasteiger partial charge on any atom is 0.272 e. The summed E-state index contributed by atoms with van der Waals surface area (Å²) in [7, 11) is 1.43. The Morgan fingerprint density at radius 3 is 2.54 bits per heavy atom. The number of aromatic nitrogens is 1. The minimum absolute atomic E-state index is 0.0541. The first-order valence-corrected chi connectivity index (χ1v) is 8.84. The lowest BCUT2D eigenvalue weighted by molar-refractivity contribution is -0.122. The van der Waals surface area contributed by atoms with Gasteiger partial charge in [0, 0.05) is 12.7 Å². The first kappa shape index (κ1) is 19.3. The molecule has 1 aromatic carbocycles. The van der Waals surface area contributed by atoms with E-state index in [-0.39, 0.29) is 11.5 Å². The van der Waals surface area contributed by atoms with Gasteiger partial charge >= 0.3 is 0 Å². The smallest absolute Gasteiger partial charge is 0.272 e. The van der Waals surface area contributed by atoms with Crippen molar-refractivity contribution in [3.8, 4) is 0 Å². The molecule has 28 heavy (non-hydrogen) atoms. The molecule has 0 saturated heterocycles. The Bertz CT molecular complexity index is 979. The van der Waals surface area contributed by atoms with Gasteiger partial charge in [-0.1, -0.05) is 6.57 Å². The molecule has 1 aliphatic rings. The Hall–Kier alpha value is -3.47. The monoisotopic (exact) mass is 381 g/mol. The van der Waals surface area contributed by atoms with Crippen LogP contribution in [-0.4, -0.2) is 29.4 Å². The Labute approximate surface area is 162 Å². The summed E-state index contributed by atoms with van der Waals surface area (Å²) < 4.78 is 14.2. The van der Waals surface area contributed by atoms with Crippen LogP contribution in [0.25, 0.3) is 4.85 Å². The molecule has 3 rings (SSSR count). The number of pyridine rings is 1. The summed E-state index contributed by atoms with van der Waals surface area (Å²) in [6.45, 7) is 8.79. The summed E-state index contributed by atoms with van der Waals surface area (Å²) in [4.78, 5) is 31.8. The van der Waals surface area contributed by atoms with Gasteiger partial charge in [0.1, 0.15) is 17.6 Å². The minimum atomic E-state index is -0.854. The summed E-state index contributed by atoms with van der Waals surface area (Å²) in [6.07, 6.45) is 3.52. The third kappa shape index (κ3) is 3.64. The molecule has 7 nitrogen and oxygen atoms in total. The fraction of sp³-hybridized carbons (Fsp3) is 0.300. The van der Waals surface area contributed by atoms with E-state index in [0.29, 0.717) is 35.6 Å². The number of aryl methyl sites for hydroxylation is 1. The molecule has 1 fully saturated rings. The topological polar surface area (TPSA) is 87.5 Å². The molecule has 0 spiro atoms. The van der Waals surface area contributed by atoms with Crippen molar-refractivity contribution in [3.05, 3.63) is 58.8 Å². The van der Waals surface area contributed by atoms with Crippen LogP contribution in [-0.2, 0) is 4.79 Å². The Balaban J connectivity index is 1.77. The van der Waals surface area contributed by atoms with E-state index < -0.39 is 17.3 Å². The number of amides is 2. The number of nitrogens with zero attached hydrogens (tertiary/aromatic N) is 2. The number of hydrogen-bond donors (Lipinski definition) is 3. The molecule has 2 aromatic rings. The van der Waals surface area contributed by atoms with Crippen molar-refractivity contribution in [1.82, 2.24) is 10.3 Å². The van der Waals surface area contributed by atoms with Gasteiger partial charge in [0.25, 0.3) is 11.7 Å². The van der Waals surface area contributed by atoms with Crippen molar-refractivity contribution in [2.24, 2.45) is 0 Å². The van der Waals surface area contributed by atoms with Crippen LogP contribution in [0.15, 0.2) is 30.5 Å². The molecule has 1 aromatic heterocycles. The molecule has 8 heteroatoms. The van der Waals surface area contributed by atoms with Crippen LogP contribution in [0.5, 0.6) is 0 Å². The van der Waals surface area contributed by atoms with E-state index in [1.165, 1.54) is 25.4 Å². The molecule has 2 amide bonds. The second-order valence-electron chi connectivity index (χ2n) is 6.76. The van der Waals surface area contributed by atoms with E-state index >= 15 is 0 Å². The minimum Gasteiger partial charge on any atom is -0.371 e. The van der Waals surface area contributed by atoms with Crippen molar-refractivity contribution in [1.29, 1.82) is 0 Å². The first-order chi connectivity index (χ1) is 13.4. The predicted octanol–water partition coefficient (Wildman–Crippen LogP) is 3.41. The van der Waals surface area contributed by atoms with Crippen LogP contribution in [0.2, 0.25) is 0 Å². The van der Waals surface area contributed by atoms with Crippen LogP contribution < -0.4 is 16.0 Å². The molecule has 1 aliphatic carbocycles. The van der Waals surface area contributed by atoms with Gasteiger partial charge < -0.3 is 20.8 Å². The van der Waals surface area contributed by atoms with E-state index in [0.717, 1.165) is 6.42 Å². The highest BCUT2D eigenvalue weighted by molar-refractivity contribution is 6.01. The Kier molecular flexibility index (Phi) is 5.27. The molecular formula is C20H20FN5O2. The van der Waals surface area contributed by atoms with E-state index in [1.54, 1.807) is 19.1 Å². The molecular weight excluding hydrogens is 361 g/mol. The van der Waals surface area contributed by atoms with Crippen molar-refractivity contribution in [2.75, 3.05) is 17.7 Å². The molecule has 0 bridgehead atoms. The van der Waals surface area contributed by atoms with E-state index in [1.807, 2.05) is 0 Å². The molecule has 144 valence electrons. The van der Waals surface area contributed by atoms with Gasteiger partial charge in [0.2, 0.25) is 5.91 Å². The van der Waals surface area contributed by atoms with Gasteiger partial charge in [-0.2, -0.15) is 0 Å². The third-order valence-electron chi connectivity index (χ3n) is 4.88. The standard InChI is InChI=1S/C20H20FN5O2/c1-12-9-14(11-24-17(12)22-2)25-19(28)20(7-4-8-20)26-13-5-6-15(16(21)10-13)18(27)23-3/h5-6,9-11,26H,4,7-8H2,1,3H3,(H,23,27)(H,25,28). The highest BCUT2D eigenvalue weighted by atomic mass is 19.1. The summed E-state index contributed by atoms with van der Waals surface area (Å²) in [6, 6.07) is 5.88. The third-order valence-corrected chi connectivity index (χ3v) is 4.88. The van der Waals surface area contributed by atoms with Gasteiger partial charge in [-0.25, -0.2) is 4.39 Å². The molecule has 0 radical (unpaired) electrons. The lowest BCUT2D eigenvalue weighted by Gasteiger charge is -2.41. The highest BCUT2D eigenvalue weighted by Gasteiger charge is 2.44. The average molecular weight is 381 g/mol. The van der Waals surface area contributed by atoms with Crippen LogP contribution in [0, 0.1) is 19.3 Å². The van der Waals surface area contributed by atoms with Crippen molar-refractivity contribution in [2.45, 2.75) is 31.7 Å².